The first kappa shape index (κ1) is 48.4. The number of fused-ring (bicyclic) bond motifs is 4. The topological polar surface area (TPSA) is 194 Å². The van der Waals surface area contributed by atoms with Crippen LogP contribution >= 0.6 is 0 Å². The van der Waals surface area contributed by atoms with Gasteiger partial charge in [0, 0.05) is 31.0 Å². The molecule has 70 heavy (non-hydrogen) atoms. The molecule has 0 saturated heterocycles. The zero-order valence-electron chi connectivity index (χ0n) is 38.0. The van der Waals surface area contributed by atoms with E-state index in [4.69, 9.17) is 28.4 Å². The number of anilines is 2. The number of amides is 4. The lowest BCUT2D eigenvalue weighted by molar-refractivity contribution is -0.145. The minimum atomic E-state index is -1.72. The van der Waals surface area contributed by atoms with E-state index in [1.165, 1.54) is 89.9 Å². The molecule has 17 nitrogen and oxygen atoms in total. The van der Waals surface area contributed by atoms with Gasteiger partial charge in [0.25, 0.3) is 11.8 Å². The van der Waals surface area contributed by atoms with Crippen LogP contribution in [0.3, 0.4) is 0 Å². The predicted octanol–water partition coefficient (Wildman–Crippen LogP) is 7.11. The third kappa shape index (κ3) is 9.65. The maximum absolute atomic E-state index is 14.3. The molecule has 4 aliphatic heterocycles. The maximum atomic E-state index is 14.3. The fourth-order valence-corrected chi connectivity index (χ4v) is 8.63. The molecule has 4 amide bonds. The zero-order valence-corrected chi connectivity index (χ0v) is 38.0. The number of ether oxygens (including phenoxy) is 6. The number of aliphatic hydroxyl groups excluding tert-OH is 2. The number of aryl methyl sites for hydroxylation is 1. The van der Waals surface area contributed by atoms with Gasteiger partial charge in [0.05, 0.1) is 54.9 Å². The molecular formula is C51H48F2N4O13. The number of esters is 1. The van der Waals surface area contributed by atoms with Gasteiger partial charge in [-0.1, -0.05) is 49.6 Å². The summed E-state index contributed by atoms with van der Waals surface area (Å²) in [5.74, 6) is -2.45. The molecule has 0 aromatic heterocycles. The first-order valence-electron chi connectivity index (χ1n) is 22.1. The van der Waals surface area contributed by atoms with Crippen LogP contribution in [0.1, 0.15) is 56.7 Å². The van der Waals surface area contributed by atoms with Gasteiger partial charge in [-0.05, 0) is 84.0 Å². The highest BCUT2D eigenvalue weighted by Gasteiger charge is 2.47. The predicted molar refractivity (Wildman–Crippen MR) is 249 cm³/mol. The number of carbonyl (C=O) groups is 5. The lowest BCUT2D eigenvalue weighted by Crippen LogP contribution is -2.50. The number of aliphatic hydroxyl groups is 2. The Balaban J connectivity index is 1.02. The van der Waals surface area contributed by atoms with Crippen LogP contribution in [0.4, 0.5) is 29.7 Å². The third-order valence-corrected chi connectivity index (χ3v) is 12.0. The Morgan fingerprint density at radius 1 is 0.671 bits per heavy atom. The second-order valence-corrected chi connectivity index (χ2v) is 16.5. The summed E-state index contributed by atoms with van der Waals surface area (Å²) in [6.45, 7) is 7.66. The maximum Gasteiger partial charge on any atom is 0.417 e. The van der Waals surface area contributed by atoms with Crippen LogP contribution in [0.2, 0.25) is 0 Å². The van der Waals surface area contributed by atoms with Gasteiger partial charge in [0.15, 0.2) is 30.6 Å². The normalized spacial score (nSPS) is 19.1. The van der Waals surface area contributed by atoms with Crippen LogP contribution in [-0.4, -0.2) is 115 Å². The summed E-state index contributed by atoms with van der Waals surface area (Å²) >= 11 is 0. The summed E-state index contributed by atoms with van der Waals surface area (Å²) in [6, 6.07) is 15.1. The van der Waals surface area contributed by atoms with Crippen LogP contribution in [0.15, 0.2) is 111 Å². The molecule has 0 aliphatic carbocycles. The number of nitrogens with zero attached hydrogens (tertiary/aromatic N) is 4. The molecule has 4 heterocycles. The van der Waals surface area contributed by atoms with Crippen molar-refractivity contribution in [3.8, 4) is 17.2 Å². The Labute approximate surface area is 400 Å². The molecule has 0 fully saturated rings. The molecule has 0 saturated carbocycles. The summed E-state index contributed by atoms with van der Waals surface area (Å²) in [7, 11) is 1.35. The minimum Gasteiger partial charge on any atom is -0.493 e. The van der Waals surface area contributed by atoms with Crippen LogP contribution in [0.25, 0.3) is 11.1 Å². The van der Waals surface area contributed by atoms with Crippen LogP contribution in [0, 0.1) is 18.6 Å². The van der Waals surface area contributed by atoms with Crippen molar-refractivity contribution in [1.29, 1.82) is 0 Å². The number of hydrogen-bond donors (Lipinski definition) is 2. The first-order valence-corrected chi connectivity index (χ1v) is 22.1. The highest BCUT2D eigenvalue weighted by molar-refractivity contribution is 6.08. The van der Waals surface area contributed by atoms with E-state index in [1.54, 1.807) is 31.3 Å². The monoisotopic (exact) mass is 962 g/mol. The molecule has 8 rings (SSSR count). The molecule has 0 spiro atoms. The molecular weight excluding hydrogens is 915 g/mol. The highest BCUT2D eigenvalue weighted by Crippen LogP contribution is 2.44. The van der Waals surface area contributed by atoms with E-state index in [0.29, 0.717) is 27.8 Å². The Morgan fingerprint density at radius 2 is 1.14 bits per heavy atom. The lowest BCUT2D eigenvalue weighted by Gasteiger charge is -2.31. The summed E-state index contributed by atoms with van der Waals surface area (Å²) in [5.41, 5.74) is 2.95. The molecule has 2 N–H and O–H groups in total. The average molecular weight is 963 g/mol. The van der Waals surface area contributed by atoms with Crippen molar-refractivity contribution in [2.45, 2.75) is 50.7 Å². The molecule has 4 aromatic rings. The molecule has 4 aliphatic rings. The Hall–Kier alpha value is -8.03. The van der Waals surface area contributed by atoms with E-state index in [2.05, 4.69) is 13.2 Å². The van der Waals surface area contributed by atoms with Crippen LogP contribution < -0.4 is 24.0 Å². The number of benzene rings is 4. The van der Waals surface area contributed by atoms with Crippen molar-refractivity contribution >= 4 is 52.5 Å². The van der Waals surface area contributed by atoms with Gasteiger partial charge in [0.2, 0.25) is 0 Å². The van der Waals surface area contributed by atoms with E-state index >= 15 is 0 Å². The fraction of sp³-hybridized carbons (Fsp3) is 0.275. The van der Waals surface area contributed by atoms with E-state index in [-0.39, 0.29) is 85.4 Å². The number of halogens is 2. The van der Waals surface area contributed by atoms with Gasteiger partial charge in [-0.3, -0.25) is 9.59 Å². The summed E-state index contributed by atoms with van der Waals surface area (Å²) in [5, 5.41) is 23.7. The van der Waals surface area contributed by atoms with Gasteiger partial charge in [0.1, 0.15) is 30.6 Å². The summed E-state index contributed by atoms with van der Waals surface area (Å²) < 4.78 is 61.1. The number of methoxy groups -OCH3 is 1. The van der Waals surface area contributed by atoms with Gasteiger partial charge in [-0.2, -0.15) is 0 Å². The summed E-state index contributed by atoms with van der Waals surface area (Å²) in [4.78, 5) is 72.8. The van der Waals surface area contributed by atoms with Crippen molar-refractivity contribution in [3.63, 3.8) is 0 Å². The smallest absolute Gasteiger partial charge is 0.417 e. The van der Waals surface area contributed by atoms with Gasteiger partial charge in [-0.25, -0.2) is 33.0 Å². The Bertz CT molecular complexity index is 2800. The van der Waals surface area contributed by atoms with Crippen molar-refractivity contribution in [1.82, 2.24) is 9.80 Å². The van der Waals surface area contributed by atoms with E-state index in [9.17, 15) is 43.0 Å². The van der Waals surface area contributed by atoms with Crippen LogP contribution in [0.5, 0.6) is 17.2 Å². The van der Waals surface area contributed by atoms with Gasteiger partial charge >= 0.3 is 18.2 Å². The molecule has 4 aromatic carbocycles. The Morgan fingerprint density at radius 3 is 1.66 bits per heavy atom. The molecule has 364 valence electrons. The molecule has 4 atom stereocenters. The third-order valence-electron chi connectivity index (χ3n) is 12.0. The van der Waals surface area contributed by atoms with E-state index in [1.807, 2.05) is 0 Å². The van der Waals surface area contributed by atoms with E-state index in [0.717, 1.165) is 9.80 Å². The lowest BCUT2D eigenvalue weighted by atomic mass is 10.0. The van der Waals surface area contributed by atoms with E-state index < -0.39 is 72.8 Å². The minimum absolute atomic E-state index is 0.0235. The van der Waals surface area contributed by atoms with Gasteiger partial charge < -0.3 is 48.4 Å². The SMILES string of the molecule is C=CCOC(=O)COC(=O)N1c2cc(OCCCOc3cc4c(cc3C)C(=O)N3C=C(c5ccc(F)cc5)C[C@H]3[C@H](O)N4C(=O)OCC=C)c(OC)cc2C(=O)N2C=C(c3ccc(F)cc3)C[C@H]2[C@@H]1O. The second-order valence-electron chi connectivity index (χ2n) is 16.5. The fourth-order valence-electron chi connectivity index (χ4n) is 8.63. The van der Waals surface area contributed by atoms with Crippen molar-refractivity contribution in [3.05, 3.63) is 150 Å². The standard InChI is InChI=1S/C51H48F2N4O13/c1-5-16-68-45(58)28-70-51(64)57-39-25-44(43(65-4)23-37(39)47(60)55-27-33(22-41(55)49(57)62)31-10-14-35(53)15-11-31)67-19-7-18-66-42-24-38-36(20-29(42)3)46(59)54-26-32(30-8-12-34(52)13-9-30)21-40(54)48(61)56(38)50(63)69-17-6-2/h5-6,8-15,20,23-27,40-41,48-49,61-62H,1-2,7,16-19,21-22,28H2,3-4H3/t40-,41-,48-,49-/m0/s1. The van der Waals surface area contributed by atoms with Crippen molar-refractivity contribution in [2.75, 3.05) is 49.9 Å². The second kappa shape index (κ2) is 20.7. The van der Waals surface area contributed by atoms with Crippen molar-refractivity contribution in [2.24, 2.45) is 0 Å². The number of carbonyl (C=O) groups excluding carboxylic acids is 5. The molecule has 0 bridgehead atoms. The van der Waals surface area contributed by atoms with Crippen molar-refractivity contribution < 1.29 is 71.4 Å². The van der Waals surface area contributed by atoms with Crippen LogP contribution in [-0.2, 0) is 19.0 Å². The number of rotatable bonds is 15. The highest BCUT2D eigenvalue weighted by atomic mass is 19.1. The first-order chi connectivity index (χ1) is 33.7. The zero-order chi connectivity index (χ0) is 49.8. The molecule has 0 unspecified atom stereocenters. The largest absolute Gasteiger partial charge is 0.493 e. The summed E-state index contributed by atoms with van der Waals surface area (Å²) in [6.07, 6.45) is 0.840. The Kier molecular flexibility index (Phi) is 14.3. The quantitative estimate of drug-likeness (QED) is 0.0531. The van der Waals surface area contributed by atoms with Gasteiger partial charge in [-0.15, -0.1) is 0 Å². The number of hydrogen-bond acceptors (Lipinski definition) is 13. The molecule has 19 heteroatoms. The molecule has 0 radical (unpaired) electrons. The average Bonchev–Trinajstić information content (AvgIpc) is 3.98.